The molecule has 0 unspecified atom stereocenters. The number of para-hydroxylation sites is 4. The number of nitrogens with zero attached hydrogens (tertiary/aromatic N) is 2. The highest BCUT2D eigenvalue weighted by Crippen LogP contribution is 2.37. The predicted octanol–water partition coefficient (Wildman–Crippen LogP) is 12.9. The number of hydrogen-bond acceptors (Lipinski definition) is 2. The van der Waals surface area contributed by atoms with Crippen molar-refractivity contribution in [2.24, 2.45) is 0 Å². The second-order valence-electron chi connectivity index (χ2n) is 13.6. The molecule has 2 nitrogen and oxygen atoms in total. The van der Waals surface area contributed by atoms with E-state index in [0.717, 1.165) is 0 Å². The van der Waals surface area contributed by atoms with Gasteiger partial charge in [-0.25, -0.2) is 0 Å². The number of hydrogen-bond donors (Lipinski definition) is 0. The summed E-state index contributed by atoms with van der Waals surface area (Å²) in [5.74, 6) is 0. The summed E-state index contributed by atoms with van der Waals surface area (Å²) < 4.78 is 0. The van der Waals surface area contributed by atoms with E-state index in [1.165, 1.54) is 45.3 Å². The normalized spacial score (nSPS) is 11.3. The molecule has 6 aromatic rings. The molecule has 0 N–H and O–H groups in total. The van der Waals surface area contributed by atoms with E-state index in [9.17, 15) is 0 Å². The van der Waals surface area contributed by atoms with Gasteiger partial charge in [0.2, 0.25) is 0 Å². The molecule has 0 bridgehead atoms. The minimum atomic E-state index is 0.134. The third kappa shape index (κ3) is 8.14. The van der Waals surface area contributed by atoms with Gasteiger partial charge in [-0.05, 0) is 94.8 Å². The Balaban J connectivity index is 0.000000181. The van der Waals surface area contributed by atoms with Gasteiger partial charge in [0.1, 0.15) is 0 Å². The van der Waals surface area contributed by atoms with Crippen LogP contribution in [0.25, 0.3) is 0 Å². The van der Waals surface area contributed by atoms with Crippen LogP contribution in [-0.4, -0.2) is 0 Å². The summed E-state index contributed by atoms with van der Waals surface area (Å²) in [7, 11) is 0. The molecular formula is C44H46N2. The van der Waals surface area contributed by atoms with Crippen LogP contribution in [0.3, 0.4) is 0 Å². The lowest BCUT2D eigenvalue weighted by Crippen LogP contribution is -2.14. The van der Waals surface area contributed by atoms with Crippen LogP contribution in [0.5, 0.6) is 0 Å². The van der Waals surface area contributed by atoms with Crippen molar-refractivity contribution in [1.82, 2.24) is 0 Å². The minimum absolute atomic E-state index is 0.134. The van der Waals surface area contributed by atoms with Crippen molar-refractivity contribution in [1.29, 1.82) is 0 Å². The maximum absolute atomic E-state index is 2.30. The van der Waals surface area contributed by atoms with E-state index >= 15 is 0 Å². The summed E-state index contributed by atoms with van der Waals surface area (Å²) in [5, 5.41) is 0. The quantitative estimate of drug-likeness (QED) is 0.187. The molecule has 0 aliphatic rings. The second-order valence-corrected chi connectivity index (χ2v) is 13.6. The standard InChI is InChI=1S/2C22H23N/c1-22(2,3)18-11-10-16-21(17-18)23(19-12-6-4-7-13-19)20-14-8-5-9-15-20;1-22(2,3)18-14-16-21(17-15-18)23(19-10-6-4-7-11-19)20-12-8-5-9-13-20/h2*4-17H,1-3H3. The first-order chi connectivity index (χ1) is 22.1. The monoisotopic (exact) mass is 602 g/mol. The van der Waals surface area contributed by atoms with Crippen LogP contribution in [0.15, 0.2) is 170 Å². The predicted molar refractivity (Wildman–Crippen MR) is 200 cm³/mol. The molecule has 6 aromatic carbocycles. The summed E-state index contributed by atoms with van der Waals surface area (Å²) in [6.07, 6.45) is 0. The van der Waals surface area contributed by atoms with Crippen LogP contribution in [-0.2, 0) is 10.8 Å². The van der Waals surface area contributed by atoms with Crippen LogP contribution < -0.4 is 9.80 Å². The molecule has 0 radical (unpaired) electrons. The highest BCUT2D eigenvalue weighted by atomic mass is 15.1. The lowest BCUT2D eigenvalue weighted by atomic mass is 9.87. The van der Waals surface area contributed by atoms with Gasteiger partial charge in [0, 0.05) is 34.1 Å². The molecular weight excluding hydrogens is 556 g/mol. The van der Waals surface area contributed by atoms with E-state index < -0.39 is 0 Å². The SMILES string of the molecule is CC(C)(C)c1ccc(N(c2ccccc2)c2ccccc2)cc1.CC(C)(C)c1cccc(N(c2ccccc2)c2ccccc2)c1. The summed E-state index contributed by atoms with van der Waals surface area (Å²) in [6.45, 7) is 13.5. The summed E-state index contributed by atoms with van der Waals surface area (Å²) in [5.41, 5.74) is 10.0. The number of benzene rings is 6. The van der Waals surface area contributed by atoms with Crippen molar-refractivity contribution >= 4 is 34.1 Å². The summed E-state index contributed by atoms with van der Waals surface area (Å²) in [4.78, 5) is 4.58. The van der Waals surface area contributed by atoms with Crippen molar-refractivity contribution < 1.29 is 0 Å². The summed E-state index contributed by atoms with van der Waals surface area (Å²) in [6, 6.07) is 59.7. The van der Waals surface area contributed by atoms with Gasteiger partial charge in [0.15, 0.2) is 0 Å². The van der Waals surface area contributed by atoms with Gasteiger partial charge in [-0.2, -0.15) is 0 Å². The average molecular weight is 603 g/mol. The van der Waals surface area contributed by atoms with Crippen LogP contribution in [0.1, 0.15) is 52.7 Å². The minimum Gasteiger partial charge on any atom is -0.311 e. The molecule has 0 spiro atoms. The largest absolute Gasteiger partial charge is 0.311 e. The first kappa shape index (κ1) is 32.3. The average Bonchev–Trinajstić information content (AvgIpc) is 3.07. The molecule has 2 heteroatoms. The zero-order valence-corrected chi connectivity index (χ0v) is 28.1. The van der Waals surface area contributed by atoms with E-state index in [2.05, 4.69) is 221 Å². The molecule has 0 saturated carbocycles. The first-order valence-corrected chi connectivity index (χ1v) is 16.1. The molecule has 0 heterocycles. The topological polar surface area (TPSA) is 6.48 Å². The molecule has 232 valence electrons. The van der Waals surface area contributed by atoms with Gasteiger partial charge < -0.3 is 9.80 Å². The van der Waals surface area contributed by atoms with Gasteiger partial charge in [0.25, 0.3) is 0 Å². The summed E-state index contributed by atoms with van der Waals surface area (Å²) >= 11 is 0. The fourth-order valence-electron chi connectivity index (χ4n) is 5.42. The van der Waals surface area contributed by atoms with Crippen molar-refractivity contribution in [2.75, 3.05) is 9.80 Å². The molecule has 6 rings (SSSR count). The Kier molecular flexibility index (Phi) is 10.1. The van der Waals surface area contributed by atoms with Crippen molar-refractivity contribution in [3.8, 4) is 0 Å². The Morgan fingerprint density at radius 2 is 0.587 bits per heavy atom. The van der Waals surface area contributed by atoms with Gasteiger partial charge in [0.05, 0.1) is 0 Å². The highest BCUT2D eigenvalue weighted by Gasteiger charge is 2.18. The molecule has 0 aliphatic heterocycles. The Bertz CT molecular complexity index is 1690. The number of anilines is 6. The van der Waals surface area contributed by atoms with E-state index in [0.29, 0.717) is 0 Å². The molecule has 0 amide bonds. The van der Waals surface area contributed by atoms with E-state index in [4.69, 9.17) is 0 Å². The fraction of sp³-hybridized carbons (Fsp3) is 0.182. The van der Waals surface area contributed by atoms with Crippen molar-refractivity contribution in [3.05, 3.63) is 181 Å². The maximum Gasteiger partial charge on any atom is 0.0464 e. The van der Waals surface area contributed by atoms with Gasteiger partial charge in [-0.15, -0.1) is 0 Å². The lowest BCUT2D eigenvalue weighted by molar-refractivity contribution is 0.590. The zero-order chi connectivity index (χ0) is 32.6. The highest BCUT2D eigenvalue weighted by molar-refractivity contribution is 5.77. The Hall–Kier alpha value is -5.08. The maximum atomic E-state index is 2.30. The van der Waals surface area contributed by atoms with Crippen LogP contribution in [0, 0.1) is 0 Å². The molecule has 0 aliphatic carbocycles. The molecule has 0 saturated heterocycles. The first-order valence-electron chi connectivity index (χ1n) is 16.1. The van der Waals surface area contributed by atoms with Crippen LogP contribution >= 0.6 is 0 Å². The smallest absolute Gasteiger partial charge is 0.0464 e. The third-order valence-corrected chi connectivity index (χ3v) is 8.02. The molecule has 46 heavy (non-hydrogen) atoms. The third-order valence-electron chi connectivity index (χ3n) is 8.02. The Morgan fingerprint density at radius 1 is 0.283 bits per heavy atom. The lowest BCUT2D eigenvalue weighted by Gasteiger charge is -2.27. The van der Waals surface area contributed by atoms with E-state index in [1.54, 1.807) is 0 Å². The molecule has 0 aromatic heterocycles. The Morgan fingerprint density at radius 3 is 0.935 bits per heavy atom. The molecule has 0 atom stereocenters. The van der Waals surface area contributed by atoms with E-state index in [-0.39, 0.29) is 10.8 Å². The second kappa shape index (κ2) is 14.3. The van der Waals surface area contributed by atoms with Crippen LogP contribution in [0.4, 0.5) is 34.1 Å². The van der Waals surface area contributed by atoms with E-state index in [1.807, 2.05) is 0 Å². The van der Waals surface area contributed by atoms with Crippen molar-refractivity contribution in [2.45, 2.75) is 52.4 Å². The Labute approximate surface area is 276 Å². The van der Waals surface area contributed by atoms with Crippen LogP contribution in [0.2, 0.25) is 0 Å². The van der Waals surface area contributed by atoms with Gasteiger partial charge in [-0.3, -0.25) is 0 Å². The number of rotatable bonds is 6. The van der Waals surface area contributed by atoms with Gasteiger partial charge >= 0.3 is 0 Å². The fourth-order valence-corrected chi connectivity index (χ4v) is 5.42. The zero-order valence-electron chi connectivity index (χ0n) is 28.1. The molecule has 0 fully saturated rings. The van der Waals surface area contributed by atoms with Gasteiger partial charge in [-0.1, -0.05) is 139 Å². The van der Waals surface area contributed by atoms with Crippen molar-refractivity contribution in [3.63, 3.8) is 0 Å².